The van der Waals surface area contributed by atoms with Crippen LogP contribution >= 0.6 is 0 Å². The number of aryl methyl sites for hydroxylation is 1. The number of pyridine rings is 1. The summed E-state index contributed by atoms with van der Waals surface area (Å²) < 4.78 is 65.8. The molecule has 0 amide bonds. The molecule has 0 aliphatic heterocycles. The number of benzene rings is 2. The Balaban J connectivity index is 2.07. The van der Waals surface area contributed by atoms with E-state index in [1.807, 2.05) is 0 Å². The maximum Gasteiger partial charge on any atom is 0.159 e. The molecule has 1 N–H and O–H groups in total. The number of nitrogens with zero attached hydrogens (tertiary/aromatic N) is 3. The molecular formula is C26H27FN4O2. The molecule has 7 heteroatoms. The van der Waals surface area contributed by atoms with Gasteiger partial charge in [-0.25, -0.2) is 4.39 Å². The van der Waals surface area contributed by atoms with Crippen molar-refractivity contribution in [3.8, 4) is 11.8 Å². The van der Waals surface area contributed by atoms with E-state index in [0.29, 0.717) is 50.1 Å². The highest BCUT2D eigenvalue weighted by Crippen LogP contribution is 2.34. The molecule has 3 aromatic rings. The van der Waals surface area contributed by atoms with Crippen LogP contribution in [0.5, 0.6) is 5.75 Å². The van der Waals surface area contributed by atoms with Gasteiger partial charge in [-0.05, 0) is 63.8 Å². The predicted molar refractivity (Wildman–Crippen MR) is 128 cm³/mol. The minimum absolute atomic E-state index is 0.202. The van der Waals surface area contributed by atoms with Gasteiger partial charge in [0.05, 0.1) is 24.7 Å². The normalized spacial score (nSPS) is 15.0. The third kappa shape index (κ3) is 5.93. The molecule has 3 rings (SSSR count). The van der Waals surface area contributed by atoms with Crippen molar-refractivity contribution in [2.75, 3.05) is 32.4 Å². The van der Waals surface area contributed by atoms with Gasteiger partial charge < -0.3 is 15.0 Å². The molecule has 0 radical (unpaired) electrons. The van der Waals surface area contributed by atoms with Crippen LogP contribution in [-0.4, -0.2) is 42.8 Å². The van der Waals surface area contributed by atoms with E-state index < -0.39 is 25.3 Å². The van der Waals surface area contributed by atoms with Crippen molar-refractivity contribution in [1.29, 1.82) is 5.26 Å². The van der Waals surface area contributed by atoms with Gasteiger partial charge in [0.25, 0.3) is 0 Å². The van der Waals surface area contributed by atoms with Gasteiger partial charge in [-0.3, -0.25) is 9.78 Å². The van der Waals surface area contributed by atoms with Gasteiger partial charge in [-0.2, -0.15) is 5.26 Å². The van der Waals surface area contributed by atoms with Crippen LogP contribution in [0, 0.1) is 24.1 Å². The fourth-order valence-corrected chi connectivity index (χ4v) is 3.21. The maximum absolute atomic E-state index is 13.8. The molecule has 0 fully saturated rings. The van der Waals surface area contributed by atoms with Crippen LogP contribution in [0.2, 0.25) is 0 Å². The molecule has 33 heavy (non-hydrogen) atoms. The van der Waals surface area contributed by atoms with Crippen LogP contribution in [0.15, 0.2) is 48.7 Å². The number of likely N-dealkylation sites (N-methyl/N-ethyl adjacent to an activating group) is 1. The molecule has 0 bridgehead atoms. The number of fused-ring (bicyclic) bond motifs is 1. The zero-order valence-electron chi connectivity index (χ0n) is 24.5. The van der Waals surface area contributed by atoms with Gasteiger partial charge in [-0.1, -0.05) is 6.08 Å². The Morgan fingerprint density at radius 3 is 2.97 bits per heavy atom. The minimum Gasteiger partial charge on any atom is -0.494 e. The highest BCUT2D eigenvalue weighted by molar-refractivity contribution is 5.98. The number of allylic oxidation sites excluding steroid dienone is 1. The van der Waals surface area contributed by atoms with E-state index in [4.69, 9.17) is 13.0 Å². The standard InChI is InChI=1S/C26H27FN4O2/c1-5-33-25-14-24-22(13-18(25)12-21(32)7-6-10-31(3)4)26(19(15-28)16-29-24)30-20-8-9-23(27)17(2)11-20/h6-9,11,13-14,16H,5,10,12H2,1-4H3,(H,29,30)/b7-6+/i3D3,7D,10D2. The number of carbonyl (C=O) groups excluding carboxylic acids is 1. The first-order valence-corrected chi connectivity index (χ1v) is 10.2. The van der Waals surface area contributed by atoms with Crippen molar-refractivity contribution in [2.24, 2.45) is 0 Å². The SMILES string of the molecule is [2H]/C(=C\C([2H])([2H])N(C)C([2H])([2H])[2H])C(=O)Cc1cc2c(Nc3ccc(F)c(C)c3)c(C#N)cnc2cc1OCC. The van der Waals surface area contributed by atoms with Crippen molar-refractivity contribution in [1.82, 2.24) is 9.88 Å². The molecule has 1 aromatic heterocycles. The number of aromatic nitrogens is 1. The largest absolute Gasteiger partial charge is 0.494 e. The Kier molecular flexibility index (Phi) is 5.46. The van der Waals surface area contributed by atoms with Crippen LogP contribution in [-0.2, 0) is 11.2 Å². The number of halogens is 1. The second kappa shape index (κ2) is 10.7. The monoisotopic (exact) mass is 452 g/mol. The average molecular weight is 453 g/mol. The average Bonchev–Trinajstić information content (AvgIpc) is 2.85. The summed E-state index contributed by atoms with van der Waals surface area (Å²) in [5.41, 5.74) is 2.32. The lowest BCUT2D eigenvalue weighted by molar-refractivity contribution is -0.114. The van der Waals surface area contributed by atoms with Gasteiger partial charge in [-0.15, -0.1) is 0 Å². The van der Waals surface area contributed by atoms with E-state index in [9.17, 15) is 14.4 Å². The first-order valence-electron chi connectivity index (χ1n) is 13.2. The quantitative estimate of drug-likeness (QED) is 0.464. The third-order valence-corrected chi connectivity index (χ3v) is 4.74. The first-order chi connectivity index (χ1) is 18.2. The van der Waals surface area contributed by atoms with Crippen LogP contribution < -0.4 is 10.1 Å². The number of ether oxygens (including phenoxy) is 1. The summed E-state index contributed by atoms with van der Waals surface area (Å²) in [6, 6.07) is 8.97. The van der Waals surface area contributed by atoms with Crippen LogP contribution in [0.25, 0.3) is 10.9 Å². The molecule has 0 aliphatic carbocycles. The first kappa shape index (κ1) is 16.8. The number of carbonyl (C=O) groups is 1. The van der Waals surface area contributed by atoms with Crippen molar-refractivity contribution in [3.63, 3.8) is 0 Å². The fourth-order valence-electron chi connectivity index (χ4n) is 3.21. The molecule has 0 saturated carbocycles. The van der Waals surface area contributed by atoms with Crippen molar-refractivity contribution in [2.45, 2.75) is 20.3 Å². The second-order valence-corrected chi connectivity index (χ2v) is 7.23. The number of hydrogen-bond acceptors (Lipinski definition) is 6. The summed E-state index contributed by atoms with van der Waals surface area (Å²) in [6.07, 6.45) is 1.68. The van der Waals surface area contributed by atoms with Crippen LogP contribution in [0.3, 0.4) is 0 Å². The zero-order chi connectivity index (χ0) is 29.1. The number of nitriles is 1. The lowest BCUT2D eigenvalue weighted by Gasteiger charge is -2.15. The zero-order valence-corrected chi connectivity index (χ0v) is 18.5. The van der Waals surface area contributed by atoms with E-state index in [1.54, 1.807) is 32.0 Å². The molecular weight excluding hydrogens is 419 g/mol. The molecule has 0 spiro atoms. The van der Waals surface area contributed by atoms with E-state index in [0.717, 1.165) is 7.05 Å². The van der Waals surface area contributed by atoms with Gasteiger partial charge >= 0.3 is 0 Å². The summed E-state index contributed by atoms with van der Waals surface area (Å²) in [5.74, 6) is -0.836. The second-order valence-electron chi connectivity index (χ2n) is 7.23. The van der Waals surface area contributed by atoms with Gasteiger partial charge in [0.15, 0.2) is 5.78 Å². The van der Waals surface area contributed by atoms with Crippen molar-refractivity contribution >= 4 is 28.1 Å². The van der Waals surface area contributed by atoms with Gasteiger partial charge in [0.1, 0.15) is 17.6 Å². The number of anilines is 2. The molecule has 2 aromatic carbocycles. The van der Waals surface area contributed by atoms with E-state index >= 15 is 0 Å². The lowest BCUT2D eigenvalue weighted by Crippen LogP contribution is -2.11. The molecule has 170 valence electrons. The number of ketones is 1. The Hall–Kier alpha value is -3.76. The number of rotatable bonds is 9. The molecule has 0 aliphatic rings. The summed E-state index contributed by atoms with van der Waals surface area (Å²) in [4.78, 5) is 17.8. The van der Waals surface area contributed by atoms with Gasteiger partial charge in [0, 0.05) is 48.7 Å². The van der Waals surface area contributed by atoms with Gasteiger partial charge in [0.2, 0.25) is 0 Å². The maximum atomic E-state index is 13.8. The Morgan fingerprint density at radius 1 is 1.45 bits per heavy atom. The van der Waals surface area contributed by atoms with E-state index in [2.05, 4.69) is 16.4 Å². The summed E-state index contributed by atoms with van der Waals surface area (Å²) >= 11 is 0. The summed E-state index contributed by atoms with van der Waals surface area (Å²) in [6.45, 7) is -1.74. The third-order valence-electron chi connectivity index (χ3n) is 4.74. The highest BCUT2D eigenvalue weighted by atomic mass is 19.1. The molecule has 0 atom stereocenters. The molecule has 6 nitrogen and oxygen atoms in total. The molecule has 0 unspecified atom stereocenters. The number of hydrogen-bond donors (Lipinski definition) is 1. The summed E-state index contributed by atoms with van der Waals surface area (Å²) in [5, 5.41) is 13.3. The van der Waals surface area contributed by atoms with E-state index in [1.165, 1.54) is 18.3 Å². The highest BCUT2D eigenvalue weighted by Gasteiger charge is 2.16. The number of nitrogens with one attached hydrogen (secondary N) is 1. The van der Waals surface area contributed by atoms with Crippen molar-refractivity contribution in [3.05, 3.63) is 71.2 Å². The topological polar surface area (TPSA) is 78.3 Å². The fraction of sp³-hybridized carbons (Fsp3) is 0.269. The Morgan fingerprint density at radius 2 is 2.27 bits per heavy atom. The Bertz CT molecular complexity index is 1480. The van der Waals surface area contributed by atoms with Crippen LogP contribution in [0.1, 0.15) is 31.8 Å². The van der Waals surface area contributed by atoms with E-state index in [-0.39, 0.29) is 24.4 Å². The van der Waals surface area contributed by atoms with Crippen LogP contribution in [0.4, 0.5) is 15.8 Å². The Labute approximate surface area is 201 Å². The predicted octanol–water partition coefficient (Wildman–Crippen LogP) is 4.93. The van der Waals surface area contributed by atoms with Crippen molar-refractivity contribution < 1.29 is 22.1 Å². The minimum atomic E-state index is -2.78. The smallest absolute Gasteiger partial charge is 0.159 e. The molecule has 0 saturated heterocycles. The lowest BCUT2D eigenvalue weighted by atomic mass is 10.0. The molecule has 1 heterocycles. The summed E-state index contributed by atoms with van der Waals surface area (Å²) in [7, 11) is 1.04.